The smallest absolute Gasteiger partial charge is 0.271 e. The first-order chi connectivity index (χ1) is 19.3. The number of methoxy groups -OCH3 is 1. The molecule has 0 aromatic heterocycles. The van der Waals surface area contributed by atoms with E-state index in [1.54, 1.807) is 37.3 Å². The molecule has 2 atom stereocenters. The highest BCUT2D eigenvalue weighted by Crippen LogP contribution is 2.25. The molecule has 0 aliphatic carbocycles. The number of hydrogen-bond donors (Lipinski definition) is 3. The summed E-state index contributed by atoms with van der Waals surface area (Å²) in [6.07, 6.45) is 0.525. The van der Waals surface area contributed by atoms with Gasteiger partial charge in [-0.1, -0.05) is 26.0 Å². The number of carbonyl (C=O) groups is 2. The molecule has 0 saturated carbocycles. The van der Waals surface area contributed by atoms with Gasteiger partial charge in [-0.25, -0.2) is 9.82 Å². The lowest BCUT2D eigenvalue weighted by Gasteiger charge is -2.40. The Bertz CT molecular complexity index is 1000. The molecule has 2 aliphatic heterocycles. The third-order valence-corrected chi connectivity index (χ3v) is 7.06. The minimum absolute atomic E-state index is 0.0489. The van der Waals surface area contributed by atoms with Crippen molar-refractivity contribution in [1.82, 2.24) is 20.5 Å². The van der Waals surface area contributed by atoms with Gasteiger partial charge in [-0.2, -0.15) is 0 Å². The summed E-state index contributed by atoms with van der Waals surface area (Å²) < 4.78 is 31.1. The van der Waals surface area contributed by atoms with Crippen LogP contribution >= 0.6 is 0 Å². The van der Waals surface area contributed by atoms with Crippen molar-refractivity contribution in [2.75, 3.05) is 84.9 Å². The molecule has 1 aromatic rings. The van der Waals surface area contributed by atoms with Gasteiger partial charge in [0.25, 0.3) is 5.91 Å². The normalized spacial score (nSPS) is 20.3. The second kappa shape index (κ2) is 15.9. The van der Waals surface area contributed by atoms with Gasteiger partial charge in [-0.15, -0.1) is 0 Å². The summed E-state index contributed by atoms with van der Waals surface area (Å²) in [4.78, 5) is 30.9. The van der Waals surface area contributed by atoms with Crippen LogP contribution in [-0.2, 0) is 23.8 Å². The highest BCUT2D eigenvalue weighted by atomic mass is 19.1. The van der Waals surface area contributed by atoms with Gasteiger partial charge in [-0.3, -0.25) is 14.6 Å². The van der Waals surface area contributed by atoms with Crippen LogP contribution in [0.2, 0.25) is 0 Å². The predicted octanol–water partition coefficient (Wildman–Crippen LogP) is 0.921. The lowest BCUT2D eigenvalue weighted by molar-refractivity contribution is -0.142. The number of carbonyl (C=O) groups excluding carboxylic acids is 2. The highest BCUT2D eigenvalue weighted by Gasteiger charge is 2.36. The Kier molecular flexibility index (Phi) is 12.6. The number of hydrazine groups is 1. The molecule has 2 saturated heterocycles. The summed E-state index contributed by atoms with van der Waals surface area (Å²) in [7, 11) is 3.19. The minimum Gasteiger partial charge on any atom is -0.393 e. The van der Waals surface area contributed by atoms with Crippen molar-refractivity contribution in [3.63, 3.8) is 0 Å². The maximum atomic E-state index is 14.8. The van der Waals surface area contributed by atoms with E-state index < -0.39 is 5.82 Å². The molecule has 2 amide bonds. The molecule has 4 N–H and O–H groups in total. The summed E-state index contributed by atoms with van der Waals surface area (Å²) in [5.41, 5.74) is 9.98. The number of halogens is 1. The summed E-state index contributed by atoms with van der Waals surface area (Å²) in [5.74, 6) is -0.892. The Morgan fingerprint density at radius 2 is 1.95 bits per heavy atom. The van der Waals surface area contributed by atoms with Crippen LogP contribution in [0.4, 0.5) is 10.1 Å². The van der Waals surface area contributed by atoms with E-state index in [-0.39, 0.29) is 60.0 Å². The number of anilines is 1. The Morgan fingerprint density at radius 3 is 2.60 bits per heavy atom. The van der Waals surface area contributed by atoms with Crippen LogP contribution in [0.5, 0.6) is 0 Å². The van der Waals surface area contributed by atoms with E-state index in [0.29, 0.717) is 59.0 Å². The van der Waals surface area contributed by atoms with Gasteiger partial charge in [0.2, 0.25) is 5.91 Å². The Labute approximate surface area is 236 Å². The number of amides is 2. The molecule has 12 heteroatoms. The predicted molar refractivity (Wildman–Crippen MR) is 151 cm³/mol. The molecule has 0 spiro atoms. The van der Waals surface area contributed by atoms with Gasteiger partial charge in [0.15, 0.2) is 0 Å². The number of nitrogens with two attached hydrogens (primary N) is 1. The van der Waals surface area contributed by atoms with Crippen LogP contribution in [0.25, 0.3) is 0 Å². The average Bonchev–Trinajstić information content (AvgIpc) is 2.97. The van der Waals surface area contributed by atoms with Crippen LogP contribution in [0.3, 0.4) is 0 Å². The van der Waals surface area contributed by atoms with Gasteiger partial charge in [-0.05, 0) is 24.5 Å². The molecule has 224 valence electrons. The van der Waals surface area contributed by atoms with Crippen molar-refractivity contribution in [2.45, 2.75) is 26.3 Å². The third kappa shape index (κ3) is 8.37. The molecule has 0 bridgehead atoms. The quantitative estimate of drug-likeness (QED) is 0.182. The molecule has 2 aliphatic rings. The second-order valence-corrected chi connectivity index (χ2v) is 10.4. The topological polar surface area (TPSA) is 122 Å². The first kappa shape index (κ1) is 31.8. The van der Waals surface area contributed by atoms with E-state index in [1.165, 1.54) is 11.1 Å². The molecule has 2 fully saturated rings. The second-order valence-electron chi connectivity index (χ2n) is 10.4. The zero-order chi connectivity index (χ0) is 29.1. The fraction of sp³-hybridized carbons (Fsp3) is 0.643. The zero-order valence-electron chi connectivity index (χ0n) is 24.2. The number of hydrogen-bond acceptors (Lipinski definition) is 9. The minimum atomic E-state index is -0.480. The van der Waals surface area contributed by atoms with Crippen molar-refractivity contribution >= 4 is 17.5 Å². The third-order valence-electron chi connectivity index (χ3n) is 7.06. The monoisotopic (exact) mass is 564 g/mol. The first-order valence-corrected chi connectivity index (χ1v) is 13.9. The molecule has 3 rings (SSSR count). The largest absolute Gasteiger partial charge is 0.393 e. The van der Waals surface area contributed by atoms with Gasteiger partial charge in [0, 0.05) is 52.9 Å². The summed E-state index contributed by atoms with van der Waals surface area (Å²) >= 11 is 0. The van der Waals surface area contributed by atoms with Crippen molar-refractivity contribution < 1.29 is 28.2 Å². The number of nitrogens with zero attached hydrogens (tertiary/aromatic N) is 3. The van der Waals surface area contributed by atoms with Crippen LogP contribution in [0, 0.1) is 17.7 Å². The summed E-state index contributed by atoms with van der Waals surface area (Å²) in [6, 6.07) is 5.98. The van der Waals surface area contributed by atoms with Gasteiger partial charge >= 0.3 is 0 Å². The van der Waals surface area contributed by atoms with Crippen LogP contribution in [0.1, 0.15) is 20.3 Å². The molecule has 0 radical (unpaired) electrons. The van der Waals surface area contributed by atoms with Gasteiger partial charge in [0.1, 0.15) is 11.5 Å². The fourth-order valence-electron chi connectivity index (χ4n) is 5.06. The fourth-order valence-corrected chi connectivity index (χ4v) is 5.06. The van der Waals surface area contributed by atoms with Gasteiger partial charge < -0.3 is 35.1 Å². The maximum Gasteiger partial charge on any atom is 0.271 e. The maximum absolute atomic E-state index is 14.8. The van der Waals surface area contributed by atoms with Crippen LogP contribution in [0.15, 0.2) is 35.7 Å². The number of nitrogens with one attached hydrogen (secondary N) is 2. The number of morpholine rings is 1. The Hall–Kier alpha value is -2.77. The van der Waals surface area contributed by atoms with E-state index in [1.807, 2.05) is 18.7 Å². The standard InChI is InChI=1S/C28H45FN6O5/c1-20(2)18-34(22-15-21(16-32-17-22)27(36)33-9-11-39-12-10-33)28(37)26(30)25(19-40-14-13-38-4)35(31-3)24-8-6-5-7-23(24)29/h5-8,20-22,31-32H,9-19,30H2,1-4H3/b26-25-/t21-,22+/m1/s1. The molecular weight excluding hydrogens is 519 g/mol. The molecule has 0 unspecified atom stereocenters. The summed E-state index contributed by atoms with van der Waals surface area (Å²) in [5, 5.41) is 4.79. The van der Waals surface area contributed by atoms with E-state index in [2.05, 4.69) is 10.7 Å². The zero-order valence-corrected chi connectivity index (χ0v) is 24.2. The van der Waals surface area contributed by atoms with Crippen molar-refractivity contribution in [3.8, 4) is 0 Å². The number of benzene rings is 1. The molecule has 2 heterocycles. The van der Waals surface area contributed by atoms with E-state index in [0.717, 1.165) is 0 Å². The first-order valence-electron chi connectivity index (χ1n) is 13.9. The lowest BCUT2D eigenvalue weighted by Crippen LogP contribution is -2.56. The van der Waals surface area contributed by atoms with E-state index >= 15 is 0 Å². The van der Waals surface area contributed by atoms with Crippen molar-refractivity contribution in [3.05, 3.63) is 41.5 Å². The lowest BCUT2D eigenvalue weighted by atomic mass is 9.92. The summed E-state index contributed by atoms with van der Waals surface area (Å²) in [6.45, 7) is 8.40. The van der Waals surface area contributed by atoms with E-state index in [4.69, 9.17) is 19.9 Å². The Morgan fingerprint density at radius 1 is 1.23 bits per heavy atom. The van der Waals surface area contributed by atoms with Crippen molar-refractivity contribution in [2.24, 2.45) is 17.6 Å². The molecule has 1 aromatic carbocycles. The van der Waals surface area contributed by atoms with Crippen molar-refractivity contribution in [1.29, 1.82) is 0 Å². The Balaban J connectivity index is 1.91. The number of rotatable bonds is 13. The number of para-hydroxylation sites is 1. The van der Waals surface area contributed by atoms with Crippen LogP contribution in [-0.4, -0.2) is 108 Å². The number of piperidine rings is 1. The van der Waals surface area contributed by atoms with Gasteiger partial charge in [0.05, 0.1) is 50.3 Å². The number of ether oxygens (including phenoxy) is 3. The molecular formula is C28H45FN6O5. The average molecular weight is 565 g/mol. The van der Waals surface area contributed by atoms with Crippen LogP contribution < -0.4 is 21.5 Å². The molecule has 40 heavy (non-hydrogen) atoms. The highest BCUT2D eigenvalue weighted by molar-refractivity contribution is 5.94. The molecule has 11 nitrogen and oxygen atoms in total. The SMILES string of the molecule is CNN(/C(COCCOC)=C(\N)C(=O)N(CC(C)C)[C@@H]1CNC[C@H](C(=O)N2CCOCC2)C1)c1ccccc1F. The van der Waals surface area contributed by atoms with E-state index in [9.17, 15) is 14.0 Å².